The zero-order valence-corrected chi connectivity index (χ0v) is 13.8. The van der Waals surface area contributed by atoms with Crippen LogP contribution < -0.4 is 5.32 Å². The number of benzene rings is 1. The molecule has 5 heteroatoms. The molecule has 4 nitrogen and oxygen atoms in total. The van der Waals surface area contributed by atoms with Gasteiger partial charge in [0.15, 0.2) is 0 Å². The van der Waals surface area contributed by atoms with E-state index in [9.17, 15) is 9.18 Å². The molecule has 3 rings (SSSR count). The maximum Gasteiger partial charge on any atom is 0.236 e. The number of nitrogens with zero attached hydrogens (tertiary/aromatic N) is 2. The predicted molar refractivity (Wildman–Crippen MR) is 88.6 cm³/mol. The van der Waals surface area contributed by atoms with Crippen LogP contribution in [-0.2, 0) is 4.79 Å². The molecular formula is C18H26FN3O. The van der Waals surface area contributed by atoms with Crippen molar-refractivity contribution in [1.29, 1.82) is 0 Å². The molecule has 1 aromatic carbocycles. The zero-order valence-electron chi connectivity index (χ0n) is 13.8. The van der Waals surface area contributed by atoms with Crippen LogP contribution in [0.15, 0.2) is 24.3 Å². The second-order valence-corrected chi connectivity index (χ2v) is 6.81. The van der Waals surface area contributed by atoms with Gasteiger partial charge in [0.1, 0.15) is 5.82 Å². The van der Waals surface area contributed by atoms with Crippen LogP contribution in [-0.4, -0.2) is 55.0 Å². The Kier molecular flexibility index (Phi) is 5.28. The number of carbonyl (C=O) groups is 1. The van der Waals surface area contributed by atoms with E-state index < -0.39 is 0 Å². The van der Waals surface area contributed by atoms with Crippen molar-refractivity contribution in [2.45, 2.75) is 25.8 Å². The Morgan fingerprint density at radius 1 is 1.30 bits per heavy atom. The Labute approximate surface area is 137 Å². The van der Waals surface area contributed by atoms with Crippen molar-refractivity contribution in [2.75, 3.05) is 39.3 Å². The molecule has 0 radical (unpaired) electrons. The molecule has 2 heterocycles. The van der Waals surface area contributed by atoms with Gasteiger partial charge in [-0.25, -0.2) is 4.39 Å². The number of carbonyl (C=O) groups excluding carboxylic acids is 1. The lowest BCUT2D eigenvalue weighted by atomic mass is 9.99. The van der Waals surface area contributed by atoms with Gasteiger partial charge in [0, 0.05) is 38.8 Å². The molecule has 0 aromatic heterocycles. The first-order chi connectivity index (χ1) is 11.1. The lowest BCUT2D eigenvalue weighted by Gasteiger charge is -2.38. The highest BCUT2D eigenvalue weighted by molar-refractivity contribution is 5.78. The summed E-state index contributed by atoms with van der Waals surface area (Å²) >= 11 is 0. The molecule has 1 N–H and O–H groups in total. The summed E-state index contributed by atoms with van der Waals surface area (Å²) in [6, 6.07) is 6.79. The summed E-state index contributed by atoms with van der Waals surface area (Å²) in [5.74, 6) is 0.711. The molecule has 1 atom stereocenters. The minimum atomic E-state index is -0.218. The van der Waals surface area contributed by atoms with Crippen LogP contribution in [0.3, 0.4) is 0 Å². The normalized spacial score (nSPS) is 23.9. The number of hydrogen-bond acceptors (Lipinski definition) is 3. The highest BCUT2D eigenvalue weighted by Gasteiger charge is 2.28. The SMILES string of the molecule is CC1CCN(C(=O)CN2CCNCC2c2cccc(F)c2)CC1. The van der Waals surface area contributed by atoms with Crippen LogP contribution in [0.5, 0.6) is 0 Å². The van der Waals surface area contributed by atoms with Crippen molar-refractivity contribution in [1.82, 2.24) is 15.1 Å². The van der Waals surface area contributed by atoms with E-state index in [-0.39, 0.29) is 17.8 Å². The number of nitrogens with one attached hydrogen (secondary N) is 1. The Morgan fingerprint density at radius 2 is 2.09 bits per heavy atom. The smallest absolute Gasteiger partial charge is 0.236 e. The summed E-state index contributed by atoms with van der Waals surface area (Å²) in [6.07, 6.45) is 2.20. The molecule has 23 heavy (non-hydrogen) atoms. The predicted octanol–water partition coefficient (Wildman–Crippen LogP) is 2.03. The molecule has 2 saturated heterocycles. The van der Waals surface area contributed by atoms with E-state index in [1.54, 1.807) is 12.1 Å². The standard InChI is InChI=1S/C18H26FN3O/c1-14-5-8-21(9-6-14)18(23)13-22-10-7-20-12-17(22)15-3-2-4-16(19)11-15/h2-4,11,14,17,20H,5-10,12-13H2,1H3. The lowest BCUT2D eigenvalue weighted by Crippen LogP contribution is -2.51. The first kappa shape index (κ1) is 16.4. The third-order valence-corrected chi connectivity index (χ3v) is 5.06. The maximum atomic E-state index is 13.5. The molecule has 0 bridgehead atoms. The fraction of sp³-hybridized carbons (Fsp3) is 0.611. The van der Waals surface area contributed by atoms with E-state index in [1.165, 1.54) is 6.07 Å². The lowest BCUT2D eigenvalue weighted by molar-refractivity contribution is -0.134. The van der Waals surface area contributed by atoms with Gasteiger partial charge in [-0.2, -0.15) is 0 Å². The number of halogens is 1. The molecule has 0 aliphatic carbocycles. The van der Waals surface area contributed by atoms with E-state index >= 15 is 0 Å². The van der Waals surface area contributed by atoms with Crippen molar-refractivity contribution in [2.24, 2.45) is 5.92 Å². The number of piperidine rings is 1. The quantitative estimate of drug-likeness (QED) is 0.926. The summed E-state index contributed by atoms with van der Waals surface area (Å²) in [4.78, 5) is 16.8. The monoisotopic (exact) mass is 319 g/mol. The molecule has 0 spiro atoms. The Morgan fingerprint density at radius 3 is 2.83 bits per heavy atom. The number of amides is 1. The molecule has 2 aliphatic heterocycles. The minimum absolute atomic E-state index is 0.0621. The topological polar surface area (TPSA) is 35.6 Å². The number of hydrogen-bond donors (Lipinski definition) is 1. The van der Waals surface area contributed by atoms with Crippen molar-refractivity contribution < 1.29 is 9.18 Å². The van der Waals surface area contributed by atoms with Crippen LogP contribution in [0, 0.1) is 11.7 Å². The Hall–Kier alpha value is -1.46. The summed E-state index contributed by atoms with van der Waals surface area (Å²) in [6.45, 7) is 6.86. The number of piperazine rings is 1. The van der Waals surface area contributed by atoms with E-state index in [0.29, 0.717) is 6.54 Å². The van der Waals surface area contributed by atoms with Gasteiger partial charge < -0.3 is 10.2 Å². The van der Waals surface area contributed by atoms with Crippen LogP contribution in [0.25, 0.3) is 0 Å². The molecule has 126 valence electrons. The third kappa shape index (κ3) is 4.09. The van der Waals surface area contributed by atoms with Crippen LogP contribution >= 0.6 is 0 Å². The van der Waals surface area contributed by atoms with E-state index in [0.717, 1.165) is 57.0 Å². The molecule has 2 aliphatic rings. The van der Waals surface area contributed by atoms with Gasteiger partial charge >= 0.3 is 0 Å². The molecule has 2 fully saturated rings. The Balaban J connectivity index is 1.66. The van der Waals surface area contributed by atoms with Gasteiger partial charge in [-0.1, -0.05) is 19.1 Å². The fourth-order valence-corrected chi connectivity index (χ4v) is 3.51. The molecule has 1 unspecified atom stereocenters. The van der Waals surface area contributed by atoms with Crippen molar-refractivity contribution >= 4 is 5.91 Å². The third-order valence-electron chi connectivity index (χ3n) is 5.06. The summed E-state index contributed by atoms with van der Waals surface area (Å²) in [5, 5.41) is 3.35. The van der Waals surface area contributed by atoms with Crippen LogP contribution in [0.1, 0.15) is 31.4 Å². The fourth-order valence-electron chi connectivity index (χ4n) is 3.51. The maximum absolute atomic E-state index is 13.5. The molecular weight excluding hydrogens is 293 g/mol. The van der Waals surface area contributed by atoms with E-state index in [1.807, 2.05) is 11.0 Å². The van der Waals surface area contributed by atoms with Crippen molar-refractivity contribution in [3.63, 3.8) is 0 Å². The van der Waals surface area contributed by atoms with E-state index in [2.05, 4.69) is 17.1 Å². The number of rotatable bonds is 3. The average Bonchev–Trinajstić information content (AvgIpc) is 2.56. The van der Waals surface area contributed by atoms with Gasteiger partial charge in [-0.15, -0.1) is 0 Å². The number of likely N-dealkylation sites (tertiary alicyclic amines) is 1. The van der Waals surface area contributed by atoms with Gasteiger partial charge in [-0.05, 0) is 36.5 Å². The second-order valence-electron chi connectivity index (χ2n) is 6.81. The first-order valence-corrected chi connectivity index (χ1v) is 8.61. The molecule has 1 amide bonds. The van der Waals surface area contributed by atoms with Crippen LogP contribution in [0.4, 0.5) is 4.39 Å². The minimum Gasteiger partial charge on any atom is -0.342 e. The summed E-state index contributed by atoms with van der Waals surface area (Å²) in [7, 11) is 0. The largest absolute Gasteiger partial charge is 0.342 e. The molecule has 0 saturated carbocycles. The van der Waals surface area contributed by atoms with Gasteiger partial charge in [0.05, 0.1) is 6.54 Å². The first-order valence-electron chi connectivity index (χ1n) is 8.61. The van der Waals surface area contributed by atoms with Gasteiger partial charge in [-0.3, -0.25) is 9.69 Å². The molecule has 1 aromatic rings. The second kappa shape index (κ2) is 7.41. The highest BCUT2D eigenvalue weighted by Crippen LogP contribution is 2.23. The Bertz CT molecular complexity index is 543. The average molecular weight is 319 g/mol. The van der Waals surface area contributed by atoms with Crippen molar-refractivity contribution in [3.05, 3.63) is 35.6 Å². The van der Waals surface area contributed by atoms with Crippen LogP contribution in [0.2, 0.25) is 0 Å². The van der Waals surface area contributed by atoms with Gasteiger partial charge in [0.25, 0.3) is 0 Å². The summed E-state index contributed by atoms with van der Waals surface area (Å²) < 4.78 is 13.5. The highest BCUT2D eigenvalue weighted by atomic mass is 19.1. The van der Waals surface area contributed by atoms with Crippen molar-refractivity contribution in [3.8, 4) is 0 Å². The zero-order chi connectivity index (χ0) is 16.2. The van der Waals surface area contributed by atoms with E-state index in [4.69, 9.17) is 0 Å². The van der Waals surface area contributed by atoms with Gasteiger partial charge in [0.2, 0.25) is 5.91 Å². The summed E-state index contributed by atoms with van der Waals surface area (Å²) in [5.41, 5.74) is 0.942.